The molecule has 1 saturated heterocycles. The van der Waals surface area contributed by atoms with Gasteiger partial charge in [-0.2, -0.15) is 10.1 Å². The second-order valence-electron chi connectivity index (χ2n) is 8.35. The molecule has 1 atom stereocenters. The molecule has 1 aliphatic carbocycles. The number of aromatic nitrogens is 5. The van der Waals surface area contributed by atoms with Crippen LogP contribution < -0.4 is 0 Å². The maximum atomic E-state index is 5.59. The molecule has 1 aliphatic heterocycles. The maximum Gasteiger partial charge on any atom is 0.244 e. The summed E-state index contributed by atoms with van der Waals surface area (Å²) < 4.78 is 10.5. The number of hydrogen-bond donors (Lipinski definition) is 0. The van der Waals surface area contributed by atoms with Crippen LogP contribution in [0.5, 0.6) is 0 Å². The molecule has 2 aliphatic rings. The first-order chi connectivity index (χ1) is 14.6. The highest BCUT2D eigenvalue weighted by Crippen LogP contribution is 2.34. The minimum Gasteiger partial charge on any atom is -0.337 e. The number of aryl methyl sites for hydroxylation is 1. The Morgan fingerprint density at radius 1 is 1.13 bits per heavy atom. The zero-order valence-corrected chi connectivity index (χ0v) is 18.3. The quantitative estimate of drug-likeness (QED) is 0.560. The lowest BCUT2D eigenvalue weighted by atomic mass is 10.1. The van der Waals surface area contributed by atoms with Gasteiger partial charge in [0.05, 0.1) is 12.7 Å². The number of nitrogens with zero attached hydrogens (tertiary/aromatic N) is 7. The number of rotatable bonds is 6. The van der Waals surface area contributed by atoms with Crippen LogP contribution in [-0.4, -0.2) is 60.5 Å². The van der Waals surface area contributed by atoms with Crippen molar-refractivity contribution < 1.29 is 4.52 Å². The number of benzene rings is 1. The largest absolute Gasteiger partial charge is 0.337 e. The topological polar surface area (TPSA) is 68.2 Å². The van der Waals surface area contributed by atoms with E-state index in [9.17, 15) is 0 Å². The highest BCUT2D eigenvalue weighted by atomic mass is 32.1. The second-order valence-corrected chi connectivity index (χ2v) is 8.71. The fraction of sp³-hybridized carbons (Fsp3) is 0.524. The molecule has 0 radical (unpaired) electrons. The Bertz CT molecular complexity index is 1060. The van der Waals surface area contributed by atoms with E-state index in [1.165, 1.54) is 18.4 Å². The van der Waals surface area contributed by atoms with E-state index in [2.05, 4.69) is 55.6 Å². The van der Waals surface area contributed by atoms with E-state index in [1.54, 1.807) is 0 Å². The van der Waals surface area contributed by atoms with Crippen molar-refractivity contribution in [3.05, 3.63) is 46.8 Å². The predicted molar refractivity (Wildman–Crippen MR) is 115 cm³/mol. The van der Waals surface area contributed by atoms with Gasteiger partial charge in [0.15, 0.2) is 4.77 Å². The Morgan fingerprint density at radius 2 is 1.87 bits per heavy atom. The standard InChI is InChI=1S/C21H27N7OS/c1-15-3-5-17(6-4-15)19-23-20(29-24-19)16(2)26-11-9-25(10-12-26)14-28-21(30)27(13-22-28)18-7-8-18/h3-6,13,16,18H,7-12,14H2,1-2H3. The molecule has 8 nitrogen and oxygen atoms in total. The van der Waals surface area contributed by atoms with Gasteiger partial charge in [-0.15, -0.1) is 0 Å². The van der Waals surface area contributed by atoms with Crippen molar-refractivity contribution in [1.29, 1.82) is 0 Å². The Morgan fingerprint density at radius 3 is 2.57 bits per heavy atom. The summed E-state index contributed by atoms with van der Waals surface area (Å²) in [5.41, 5.74) is 2.20. The molecule has 0 N–H and O–H groups in total. The van der Waals surface area contributed by atoms with Crippen molar-refractivity contribution in [2.75, 3.05) is 26.2 Å². The van der Waals surface area contributed by atoms with Crippen LogP contribution in [0.25, 0.3) is 11.4 Å². The summed E-state index contributed by atoms with van der Waals surface area (Å²) in [7, 11) is 0. The number of hydrogen-bond acceptors (Lipinski definition) is 7. The van der Waals surface area contributed by atoms with Crippen LogP contribution >= 0.6 is 12.2 Å². The van der Waals surface area contributed by atoms with Crippen LogP contribution in [0.3, 0.4) is 0 Å². The Balaban J connectivity index is 1.18. The molecule has 2 aromatic heterocycles. The summed E-state index contributed by atoms with van der Waals surface area (Å²) in [6.07, 6.45) is 4.33. The van der Waals surface area contributed by atoms with Gasteiger partial charge in [-0.05, 0) is 38.9 Å². The van der Waals surface area contributed by atoms with Gasteiger partial charge in [0.25, 0.3) is 0 Å². The van der Waals surface area contributed by atoms with Gasteiger partial charge in [0.1, 0.15) is 6.33 Å². The van der Waals surface area contributed by atoms with Gasteiger partial charge in [-0.1, -0.05) is 35.0 Å². The van der Waals surface area contributed by atoms with Gasteiger partial charge in [-0.3, -0.25) is 9.80 Å². The van der Waals surface area contributed by atoms with Crippen molar-refractivity contribution >= 4 is 12.2 Å². The lowest BCUT2D eigenvalue weighted by Crippen LogP contribution is -2.47. The van der Waals surface area contributed by atoms with Gasteiger partial charge in [-0.25, -0.2) is 4.68 Å². The summed E-state index contributed by atoms with van der Waals surface area (Å²) in [5, 5.41) is 8.68. The Kier molecular flexibility index (Phi) is 5.26. The molecule has 0 amide bonds. The monoisotopic (exact) mass is 425 g/mol. The zero-order chi connectivity index (χ0) is 20.7. The molecular formula is C21H27N7OS. The average Bonchev–Trinajstić information content (AvgIpc) is 3.37. The first-order valence-corrected chi connectivity index (χ1v) is 11.0. The minimum absolute atomic E-state index is 0.0927. The van der Waals surface area contributed by atoms with Crippen molar-refractivity contribution in [2.24, 2.45) is 0 Å². The van der Waals surface area contributed by atoms with Crippen molar-refractivity contribution in [3.8, 4) is 11.4 Å². The van der Waals surface area contributed by atoms with Crippen LogP contribution in [0.2, 0.25) is 0 Å². The Labute approximate surface area is 181 Å². The molecule has 1 saturated carbocycles. The van der Waals surface area contributed by atoms with Crippen molar-refractivity contribution in [2.45, 2.75) is 45.4 Å². The SMILES string of the molecule is Cc1ccc(-c2noc(C(C)N3CCN(Cn4ncn(C5CC5)c4=S)CC3)n2)cc1. The van der Waals surface area contributed by atoms with Gasteiger partial charge < -0.3 is 9.09 Å². The summed E-state index contributed by atoms with van der Waals surface area (Å²) in [5.74, 6) is 1.32. The molecule has 0 bridgehead atoms. The molecule has 5 rings (SSSR count). The molecule has 2 fully saturated rings. The lowest BCUT2D eigenvalue weighted by molar-refractivity contribution is 0.0683. The highest BCUT2D eigenvalue weighted by molar-refractivity contribution is 7.71. The third-order valence-corrected chi connectivity index (χ3v) is 6.52. The predicted octanol–water partition coefficient (Wildman–Crippen LogP) is 3.44. The molecule has 30 heavy (non-hydrogen) atoms. The maximum absolute atomic E-state index is 5.59. The van der Waals surface area contributed by atoms with E-state index < -0.39 is 0 Å². The smallest absolute Gasteiger partial charge is 0.244 e. The molecular weight excluding hydrogens is 398 g/mol. The van der Waals surface area contributed by atoms with Crippen LogP contribution in [0.1, 0.15) is 43.3 Å². The van der Waals surface area contributed by atoms with Crippen LogP contribution in [0.15, 0.2) is 35.1 Å². The summed E-state index contributed by atoms with van der Waals surface area (Å²) in [6, 6.07) is 8.85. The molecule has 3 heterocycles. The molecule has 1 unspecified atom stereocenters. The van der Waals surface area contributed by atoms with E-state index in [0.29, 0.717) is 17.8 Å². The molecule has 158 valence electrons. The second kappa shape index (κ2) is 8.05. The summed E-state index contributed by atoms with van der Waals surface area (Å²) in [4.78, 5) is 9.44. The van der Waals surface area contributed by atoms with Crippen molar-refractivity contribution in [3.63, 3.8) is 0 Å². The summed E-state index contributed by atoms with van der Waals surface area (Å²) >= 11 is 5.59. The van der Waals surface area contributed by atoms with Gasteiger partial charge >= 0.3 is 0 Å². The fourth-order valence-corrected chi connectivity index (χ4v) is 4.21. The van der Waals surface area contributed by atoms with Crippen LogP contribution in [0.4, 0.5) is 0 Å². The third kappa shape index (κ3) is 3.97. The van der Waals surface area contributed by atoms with Crippen LogP contribution in [-0.2, 0) is 6.67 Å². The minimum atomic E-state index is 0.0927. The normalized spacial score (nSPS) is 19.3. The van der Waals surface area contributed by atoms with Gasteiger partial charge in [0, 0.05) is 37.8 Å². The van der Waals surface area contributed by atoms with Crippen molar-refractivity contribution in [1.82, 2.24) is 34.3 Å². The first-order valence-electron chi connectivity index (χ1n) is 10.6. The molecule has 3 aromatic rings. The van der Waals surface area contributed by atoms with E-state index in [4.69, 9.17) is 16.7 Å². The summed E-state index contributed by atoms with van der Waals surface area (Å²) in [6.45, 7) is 8.76. The molecule has 1 aromatic carbocycles. The zero-order valence-electron chi connectivity index (χ0n) is 17.4. The molecule has 0 spiro atoms. The van der Waals surface area contributed by atoms with E-state index in [1.807, 2.05) is 23.1 Å². The highest BCUT2D eigenvalue weighted by Gasteiger charge is 2.28. The van der Waals surface area contributed by atoms with Gasteiger partial charge in [0.2, 0.25) is 11.7 Å². The van der Waals surface area contributed by atoms with Crippen LogP contribution in [0, 0.1) is 11.7 Å². The van der Waals surface area contributed by atoms with E-state index in [-0.39, 0.29) is 6.04 Å². The first kappa shape index (κ1) is 19.6. The Hall–Kier alpha value is -2.36. The van der Waals surface area contributed by atoms with E-state index >= 15 is 0 Å². The molecule has 9 heteroatoms. The number of piperazine rings is 1. The lowest BCUT2D eigenvalue weighted by Gasteiger charge is -2.36. The van der Waals surface area contributed by atoms with E-state index in [0.717, 1.165) is 43.2 Å². The fourth-order valence-electron chi connectivity index (χ4n) is 3.91. The average molecular weight is 426 g/mol. The third-order valence-electron chi connectivity index (χ3n) is 6.09.